The van der Waals surface area contributed by atoms with Gasteiger partial charge in [0.25, 0.3) is 11.1 Å². The maximum absolute atomic E-state index is 13.8. The molecule has 2 aromatic heterocycles. The number of imidazole rings is 1. The van der Waals surface area contributed by atoms with Gasteiger partial charge < -0.3 is 15.2 Å². The first-order valence-corrected chi connectivity index (χ1v) is 10.3. The van der Waals surface area contributed by atoms with Gasteiger partial charge >= 0.3 is 0 Å². The second-order valence-electron chi connectivity index (χ2n) is 8.00. The lowest BCUT2D eigenvalue weighted by Crippen LogP contribution is -2.39. The normalized spacial score (nSPS) is 12.3. The molecule has 0 aliphatic rings. The van der Waals surface area contributed by atoms with Crippen molar-refractivity contribution < 1.29 is 18.4 Å². The van der Waals surface area contributed by atoms with Crippen molar-refractivity contribution in [2.24, 2.45) is 5.92 Å². The van der Waals surface area contributed by atoms with Crippen LogP contribution in [0.5, 0.6) is 0 Å². The van der Waals surface area contributed by atoms with Crippen LogP contribution in [-0.4, -0.2) is 38.1 Å². The van der Waals surface area contributed by atoms with Crippen LogP contribution in [0.25, 0.3) is 21.8 Å². The Morgan fingerprint density at radius 2 is 1.79 bits per heavy atom. The van der Waals surface area contributed by atoms with Gasteiger partial charge in [-0.15, -0.1) is 0 Å². The fourth-order valence-electron chi connectivity index (χ4n) is 3.79. The minimum atomic E-state index is -1.07. The Balaban J connectivity index is 1.53. The average Bonchev–Trinajstić information content (AvgIpc) is 3.17. The van der Waals surface area contributed by atoms with Gasteiger partial charge in [-0.2, -0.15) is 0 Å². The molecule has 0 fully saturated rings. The molecule has 12 heteroatoms. The molecule has 1 unspecified atom stereocenters. The van der Waals surface area contributed by atoms with E-state index in [9.17, 15) is 28.0 Å². The number of rotatable bonds is 6. The van der Waals surface area contributed by atoms with Crippen molar-refractivity contribution in [1.82, 2.24) is 25.1 Å². The van der Waals surface area contributed by atoms with Gasteiger partial charge in [0.1, 0.15) is 6.04 Å². The number of aromatic amines is 2. The highest BCUT2D eigenvalue weighted by Crippen LogP contribution is 2.25. The average molecular weight is 470 g/mol. The van der Waals surface area contributed by atoms with Crippen molar-refractivity contribution in [3.8, 4) is 0 Å². The van der Waals surface area contributed by atoms with E-state index in [-0.39, 0.29) is 33.4 Å². The number of H-pyrrole nitrogens is 2. The van der Waals surface area contributed by atoms with Gasteiger partial charge in [-0.3, -0.25) is 29.4 Å². The molecule has 4 aromatic rings. The molecule has 0 saturated carbocycles. The van der Waals surface area contributed by atoms with Crippen LogP contribution in [0.15, 0.2) is 46.2 Å². The molecule has 0 aliphatic carbocycles. The standard InChI is InChI=1S/C22H20F2N6O4/c1-10(2)19(30-9-26-15-6-12(23)13(24)7-16(15)30)22(34)25-8-17(31)27-14-5-3-4-11-18(14)21(33)29-28-20(11)32/h3-7,9-10,19H,8H2,1-2H3,(H,25,34)(H,27,31)(H,28,32)(H,29,33). The molecule has 2 amide bonds. The van der Waals surface area contributed by atoms with E-state index < -0.39 is 47.2 Å². The molecule has 0 saturated heterocycles. The summed E-state index contributed by atoms with van der Waals surface area (Å²) in [6.07, 6.45) is 1.31. The Bertz CT molecular complexity index is 1540. The first kappa shape index (κ1) is 22.8. The smallest absolute Gasteiger partial charge is 0.272 e. The van der Waals surface area contributed by atoms with Crippen LogP contribution in [0, 0.1) is 17.6 Å². The lowest BCUT2D eigenvalue weighted by molar-refractivity contribution is -0.127. The lowest BCUT2D eigenvalue weighted by Gasteiger charge is -2.22. The molecular formula is C22H20F2N6O4. The third-order valence-corrected chi connectivity index (χ3v) is 5.34. The van der Waals surface area contributed by atoms with E-state index in [0.29, 0.717) is 0 Å². The van der Waals surface area contributed by atoms with Gasteiger partial charge in [0.15, 0.2) is 11.6 Å². The molecule has 4 N–H and O–H groups in total. The van der Waals surface area contributed by atoms with Gasteiger partial charge in [0.05, 0.1) is 40.4 Å². The zero-order valence-corrected chi connectivity index (χ0v) is 18.1. The zero-order chi connectivity index (χ0) is 24.6. The summed E-state index contributed by atoms with van der Waals surface area (Å²) in [5.74, 6) is -3.57. The molecule has 0 radical (unpaired) electrons. The van der Waals surface area contributed by atoms with Crippen LogP contribution >= 0.6 is 0 Å². The molecule has 2 heterocycles. The number of hydrogen-bond acceptors (Lipinski definition) is 5. The quantitative estimate of drug-likeness (QED) is 0.340. The summed E-state index contributed by atoms with van der Waals surface area (Å²) < 4.78 is 28.7. The summed E-state index contributed by atoms with van der Waals surface area (Å²) in [6.45, 7) is 3.08. The number of carbonyl (C=O) groups excluding carboxylic acids is 2. The summed E-state index contributed by atoms with van der Waals surface area (Å²) in [6, 6.07) is 5.46. The molecule has 1 atom stereocenters. The second kappa shape index (κ2) is 8.89. The summed E-state index contributed by atoms with van der Waals surface area (Å²) in [5.41, 5.74) is -0.584. The van der Waals surface area contributed by atoms with Crippen molar-refractivity contribution in [3.05, 3.63) is 69.0 Å². The number of fused-ring (bicyclic) bond motifs is 2. The Labute approximate surface area is 190 Å². The predicted octanol–water partition coefficient (Wildman–Crippen LogP) is 1.80. The van der Waals surface area contributed by atoms with Crippen LogP contribution in [0.1, 0.15) is 19.9 Å². The van der Waals surface area contributed by atoms with Crippen LogP contribution in [0.3, 0.4) is 0 Å². The third-order valence-electron chi connectivity index (χ3n) is 5.34. The predicted molar refractivity (Wildman–Crippen MR) is 120 cm³/mol. The number of benzene rings is 2. The van der Waals surface area contributed by atoms with E-state index >= 15 is 0 Å². The van der Waals surface area contributed by atoms with E-state index in [2.05, 4.69) is 25.8 Å². The van der Waals surface area contributed by atoms with Crippen molar-refractivity contribution in [2.45, 2.75) is 19.9 Å². The first-order chi connectivity index (χ1) is 16.2. The summed E-state index contributed by atoms with van der Waals surface area (Å²) in [4.78, 5) is 53.5. The van der Waals surface area contributed by atoms with Crippen molar-refractivity contribution in [1.29, 1.82) is 0 Å². The monoisotopic (exact) mass is 470 g/mol. The third kappa shape index (κ3) is 4.17. The second-order valence-corrected chi connectivity index (χ2v) is 8.00. The number of aromatic nitrogens is 4. The number of carbonyl (C=O) groups is 2. The van der Waals surface area contributed by atoms with Gasteiger partial charge in [0, 0.05) is 12.1 Å². The van der Waals surface area contributed by atoms with E-state index in [0.717, 1.165) is 12.1 Å². The van der Waals surface area contributed by atoms with E-state index in [1.807, 2.05) is 0 Å². The number of nitrogens with zero attached hydrogens (tertiary/aromatic N) is 2. The molecule has 176 valence electrons. The van der Waals surface area contributed by atoms with Crippen LogP contribution in [0.2, 0.25) is 0 Å². The van der Waals surface area contributed by atoms with E-state index in [4.69, 9.17) is 0 Å². The van der Waals surface area contributed by atoms with Crippen molar-refractivity contribution in [2.75, 3.05) is 11.9 Å². The molecule has 10 nitrogen and oxygen atoms in total. The minimum Gasteiger partial charge on any atom is -0.345 e. The van der Waals surface area contributed by atoms with E-state index in [1.165, 1.54) is 29.1 Å². The topological polar surface area (TPSA) is 142 Å². The highest BCUT2D eigenvalue weighted by atomic mass is 19.2. The Morgan fingerprint density at radius 3 is 2.53 bits per heavy atom. The van der Waals surface area contributed by atoms with Crippen LogP contribution < -0.4 is 21.8 Å². The molecule has 34 heavy (non-hydrogen) atoms. The molecule has 0 spiro atoms. The molecule has 0 bridgehead atoms. The molecule has 0 aliphatic heterocycles. The Kier molecular flexibility index (Phi) is 5.97. The number of hydrogen-bond donors (Lipinski definition) is 4. The van der Waals surface area contributed by atoms with Crippen molar-refractivity contribution >= 4 is 39.3 Å². The Hall–Kier alpha value is -4.35. The number of nitrogens with one attached hydrogen (secondary N) is 4. The first-order valence-electron chi connectivity index (χ1n) is 10.3. The highest BCUT2D eigenvalue weighted by molar-refractivity contribution is 6.03. The molecular weight excluding hydrogens is 450 g/mol. The largest absolute Gasteiger partial charge is 0.345 e. The van der Waals surface area contributed by atoms with Gasteiger partial charge in [-0.25, -0.2) is 13.8 Å². The maximum atomic E-state index is 13.8. The maximum Gasteiger partial charge on any atom is 0.272 e. The minimum absolute atomic E-state index is 0.00475. The summed E-state index contributed by atoms with van der Waals surface area (Å²) >= 11 is 0. The Morgan fingerprint density at radius 1 is 1.09 bits per heavy atom. The lowest BCUT2D eigenvalue weighted by atomic mass is 10.0. The SMILES string of the molecule is CC(C)C(C(=O)NCC(=O)Nc1cccc2c(=O)[nH][nH]c(=O)c12)n1cnc2cc(F)c(F)cc21. The number of anilines is 1. The van der Waals surface area contributed by atoms with E-state index in [1.54, 1.807) is 13.8 Å². The summed E-state index contributed by atoms with van der Waals surface area (Å²) in [7, 11) is 0. The van der Waals surface area contributed by atoms with Gasteiger partial charge in [0.2, 0.25) is 11.8 Å². The number of halogens is 2. The van der Waals surface area contributed by atoms with Gasteiger partial charge in [-0.1, -0.05) is 19.9 Å². The molecule has 2 aromatic carbocycles. The summed E-state index contributed by atoms with van der Waals surface area (Å²) in [5, 5.41) is 9.54. The van der Waals surface area contributed by atoms with Crippen LogP contribution in [0.4, 0.5) is 14.5 Å². The molecule has 4 rings (SSSR count). The fraction of sp³-hybridized carbons (Fsp3) is 0.227. The van der Waals surface area contributed by atoms with Gasteiger partial charge in [-0.05, 0) is 18.1 Å². The highest BCUT2D eigenvalue weighted by Gasteiger charge is 2.26. The zero-order valence-electron chi connectivity index (χ0n) is 18.1. The van der Waals surface area contributed by atoms with Crippen molar-refractivity contribution in [3.63, 3.8) is 0 Å². The fourth-order valence-corrected chi connectivity index (χ4v) is 3.79. The van der Waals surface area contributed by atoms with Crippen LogP contribution in [-0.2, 0) is 9.59 Å². The number of amides is 2.